The van der Waals surface area contributed by atoms with E-state index in [1.807, 2.05) is 20.8 Å². The normalized spacial score (nSPS) is 11.9. The Labute approximate surface area is 117 Å². The number of ether oxygens (including phenoxy) is 2. The zero-order valence-electron chi connectivity index (χ0n) is 13.2. The van der Waals surface area contributed by atoms with E-state index in [1.54, 1.807) is 0 Å². The highest BCUT2D eigenvalue weighted by atomic mass is 28.3. The first-order valence-corrected chi connectivity index (χ1v) is 10.2. The smallest absolute Gasteiger partial charge is 0.410 e. The van der Waals surface area contributed by atoms with Gasteiger partial charge in [-0.15, -0.1) is 0 Å². The van der Waals surface area contributed by atoms with Gasteiger partial charge in [-0.05, 0) is 26.8 Å². The lowest BCUT2D eigenvalue weighted by Gasteiger charge is -2.33. The van der Waals surface area contributed by atoms with Crippen LogP contribution in [0.15, 0.2) is 0 Å². The van der Waals surface area contributed by atoms with Gasteiger partial charge in [0.25, 0.3) is 0 Å². The number of nitrogens with zero attached hydrogens (tertiary/aromatic N) is 1. The molecule has 0 aromatic heterocycles. The molecular weight excluding hydrogens is 262 g/mol. The van der Waals surface area contributed by atoms with Crippen molar-refractivity contribution in [2.45, 2.75) is 52.0 Å². The van der Waals surface area contributed by atoms with Gasteiger partial charge in [0, 0.05) is 13.6 Å². The van der Waals surface area contributed by atoms with Crippen LogP contribution < -0.4 is 0 Å². The van der Waals surface area contributed by atoms with E-state index in [4.69, 9.17) is 4.74 Å². The largest absolute Gasteiger partial charge is 0.465 e. The molecule has 0 aromatic carbocycles. The summed E-state index contributed by atoms with van der Waals surface area (Å²) in [5.41, 5.74) is -0.481. The second-order valence-electron chi connectivity index (χ2n) is 6.76. The number of amides is 1. The average molecular weight is 289 g/mol. The van der Waals surface area contributed by atoms with Crippen molar-refractivity contribution in [3.05, 3.63) is 0 Å². The Morgan fingerprint density at radius 3 is 2.05 bits per heavy atom. The maximum atomic E-state index is 11.8. The quantitative estimate of drug-likeness (QED) is 0.577. The van der Waals surface area contributed by atoms with Crippen molar-refractivity contribution < 1.29 is 19.1 Å². The summed E-state index contributed by atoms with van der Waals surface area (Å²) in [4.78, 5) is 24.7. The van der Waals surface area contributed by atoms with E-state index in [1.165, 1.54) is 12.0 Å². The Kier molecular flexibility index (Phi) is 6.55. The second kappa shape index (κ2) is 6.93. The number of hydrogen-bond donors (Lipinski definition) is 0. The molecule has 19 heavy (non-hydrogen) atoms. The SMILES string of the molecule is COC(=O)N(CC(=O)OCC[Si](C)(C)C)C(C)(C)C. The van der Waals surface area contributed by atoms with Gasteiger partial charge in [-0.3, -0.25) is 9.69 Å². The predicted octanol–water partition coefficient (Wildman–Crippen LogP) is 2.73. The van der Waals surface area contributed by atoms with E-state index >= 15 is 0 Å². The molecule has 0 rings (SSSR count). The molecular formula is C13H27NO4Si. The maximum Gasteiger partial charge on any atom is 0.410 e. The van der Waals surface area contributed by atoms with E-state index in [0.717, 1.165) is 6.04 Å². The topological polar surface area (TPSA) is 55.8 Å². The Bertz CT molecular complexity index is 318. The minimum atomic E-state index is -1.21. The van der Waals surface area contributed by atoms with Crippen molar-refractivity contribution in [2.24, 2.45) is 0 Å². The van der Waals surface area contributed by atoms with E-state index in [-0.39, 0.29) is 6.54 Å². The van der Waals surface area contributed by atoms with Gasteiger partial charge in [-0.25, -0.2) is 4.79 Å². The number of rotatable bonds is 5. The zero-order chi connectivity index (χ0) is 15.3. The fourth-order valence-corrected chi connectivity index (χ4v) is 2.05. The minimum Gasteiger partial charge on any atom is -0.465 e. The molecule has 0 aliphatic carbocycles. The van der Waals surface area contributed by atoms with Crippen LogP contribution in [0.2, 0.25) is 25.7 Å². The third-order valence-electron chi connectivity index (χ3n) is 2.61. The Morgan fingerprint density at radius 1 is 1.16 bits per heavy atom. The lowest BCUT2D eigenvalue weighted by molar-refractivity contribution is -0.145. The Morgan fingerprint density at radius 2 is 1.68 bits per heavy atom. The van der Waals surface area contributed by atoms with Crippen molar-refractivity contribution in [3.8, 4) is 0 Å². The van der Waals surface area contributed by atoms with Crippen molar-refractivity contribution in [1.29, 1.82) is 0 Å². The van der Waals surface area contributed by atoms with Crippen LogP contribution in [-0.2, 0) is 14.3 Å². The molecule has 0 heterocycles. The average Bonchev–Trinajstić information content (AvgIpc) is 2.21. The third kappa shape index (κ3) is 7.87. The van der Waals surface area contributed by atoms with Crippen molar-refractivity contribution in [1.82, 2.24) is 4.90 Å². The van der Waals surface area contributed by atoms with Crippen molar-refractivity contribution >= 4 is 20.1 Å². The van der Waals surface area contributed by atoms with Crippen LogP contribution in [-0.4, -0.2) is 50.8 Å². The summed E-state index contributed by atoms with van der Waals surface area (Å²) in [7, 11) is 0.0914. The fourth-order valence-electron chi connectivity index (χ4n) is 1.33. The van der Waals surface area contributed by atoms with Gasteiger partial charge in [0.1, 0.15) is 6.54 Å². The van der Waals surface area contributed by atoms with Crippen LogP contribution in [0.3, 0.4) is 0 Å². The molecule has 0 aliphatic heterocycles. The molecule has 0 saturated heterocycles. The van der Waals surface area contributed by atoms with Gasteiger partial charge in [-0.2, -0.15) is 0 Å². The van der Waals surface area contributed by atoms with Gasteiger partial charge < -0.3 is 9.47 Å². The molecule has 0 unspecified atom stereocenters. The van der Waals surface area contributed by atoms with E-state index in [9.17, 15) is 9.59 Å². The summed E-state index contributed by atoms with van der Waals surface area (Å²) in [6.07, 6.45) is -0.519. The first kappa shape index (κ1) is 18.0. The maximum absolute atomic E-state index is 11.8. The second-order valence-corrected chi connectivity index (χ2v) is 12.4. The van der Waals surface area contributed by atoms with Crippen LogP contribution in [0, 0.1) is 0 Å². The standard InChI is InChI=1S/C13H27NO4Si/c1-13(2,3)14(12(16)17-4)10-11(15)18-8-9-19(5,6)7/h8-10H2,1-7H3. The van der Waals surface area contributed by atoms with Crippen LogP contribution in [0.4, 0.5) is 4.79 Å². The molecule has 0 atom stereocenters. The van der Waals surface area contributed by atoms with E-state index in [0.29, 0.717) is 6.61 Å². The van der Waals surface area contributed by atoms with Crippen LogP contribution in [0.1, 0.15) is 20.8 Å². The zero-order valence-corrected chi connectivity index (χ0v) is 14.2. The van der Waals surface area contributed by atoms with Gasteiger partial charge in [0.15, 0.2) is 0 Å². The highest BCUT2D eigenvalue weighted by molar-refractivity contribution is 6.76. The predicted molar refractivity (Wildman–Crippen MR) is 78.0 cm³/mol. The third-order valence-corrected chi connectivity index (χ3v) is 4.31. The first-order chi connectivity index (χ1) is 8.47. The molecule has 6 heteroatoms. The van der Waals surface area contributed by atoms with E-state index in [2.05, 4.69) is 24.4 Å². The number of methoxy groups -OCH3 is 1. The highest BCUT2D eigenvalue weighted by Gasteiger charge is 2.29. The molecule has 0 saturated carbocycles. The summed E-state index contributed by atoms with van der Waals surface area (Å²) < 4.78 is 9.87. The molecule has 0 radical (unpaired) electrons. The molecule has 112 valence electrons. The number of esters is 1. The number of hydrogen-bond acceptors (Lipinski definition) is 4. The molecule has 0 bridgehead atoms. The Hall–Kier alpha value is -1.04. The van der Waals surface area contributed by atoms with Crippen molar-refractivity contribution in [2.75, 3.05) is 20.3 Å². The number of carbonyl (C=O) groups excluding carboxylic acids is 2. The minimum absolute atomic E-state index is 0.0815. The van der Waals surface area contributed by atoms with Gasteiger partial charge in [0.05, 0.1) is 13.7 Å². The molecule has 0 fully saturated rings. The fraction of sp³-hybridized carbons (Fsp3) is 0.846. The molecule has 0 spiro atoms. The lowest BCUT2D eigenvalue weighted by Crippen LogP contribution is -2.48. The van der Waals surface area contributed by atoms with Crippen LogP contribution in [0.25, 0.3) is 0 Å². The summed E-state index contributed by atoms with van der Waals surface area (Å²) in [6, 6.07) is 0.923. The molecule has 1 amide bonds. The molecule has 0 aromatic rings. The van der Waals surface area contributed by atoms with Crippen LogP contribution >= 0.6 is 0 Å². The molecule has 0 aliphatic rings. The van der Waals surface area contributed by atoms with Gasteiger partial charge in [0.2, 0.25) is 0 Å². The number of carbonyl (C=O) groups is 2. The molecule has 0 N–H and O–H groups in total. The summed E-state index contributed by atoms with van der Waals surface area (Å²) in [5, 5.41) is 0. The summed E-state index contributed by atoms with van der Waals surface area (Å²) >= 11 is 0. The highest BCUT2D eigenvalue weighted by Crippen LogP contribution is 2.14. The van der Waals surface area contributed by atoms with Crippen LogP contribution in [0.5, 0.6) is 0 Å². The molecule has 5 nitrogen and oxygen atoms in total. The summed E-state index contributed by atoms with van der Waals surface area (Å²) in [5.74, 6) is -0.390. The van der Waals surface area contributed by atoms with Gasteiger partial charge >= 0.3 is 12.1 Å². The Balaban J connectivity index is 4.38. The van der Waals surface area contributed by atoms with E-state index < -0.39 is 25.7 Å². The monoisotopic (exact) mass is 289 g/mol. The summed E-state index contributed by atoms with van der Waals surface area (Å²) in [6.45, 7) is 12.5. The van der Waals surface area contributed by atoms with Crippen molar-refractivity contribution in [3.63, 3.8) is 0 Å². The lowest BCUT2D eigenvalue weighted by atomic mass is 10.1. The first-order valence-electron chi connectivity index (χ1n) is 6.48. The van der Waals surface area contributed by atoms with Gasteiger partial charge in [-0.1, -0.05) is 19.6 Å².